The minimum atomic E-state index is -4.28. The minimum absolute atomic E-state index is 0.308. The summed E-state index contributed by atoms with van der Waals surface area (Å²) in [6.07, 6.45) is -4.28. The molecular weight excluding hydrogens is 229 g/mol. The van der Waals surface area contributed by atoms with Crippen molar-refractivity contribution in [3.05, 3.63) is 29.8 Å². The molecule has 0 aliphatic carbocycles. The zero-order chi connectivity index (χ0) is 13.1. The van der Waals surface area contributed by atoms with Crippen molar-refractivity contribution < 1.29 is 13.2 Å². The molecule has 1 aromatic rings. The molecule has 1 atom stereocenters. The van der Waals surface area contributed by atoms with Crippen molar-refractivity contribution in [2.75, 3.05) is 25.0 Å². The number of halogens is 3. The Morgan fingerprint density at radius 2 is 1.76 bits per heavy atom. The molecule has 2 nitrogen and oxygen atoms in total. The molecule has 0 saturated carbocycles. The summed E-state index contributed by atoms with van der Waals surface area (Å²) in [4.78, 5) is 1.90. The Balaban J connectivity index is 2.74. The fourth-order valence-electron chi connectivity index (χ4n) is 1.55. The fraction of sp³-hybridized carbons (Fsp3) is 0.500. The molecule has 0 saturated heterocycles. The van der Waals surface area contributed by atoms with Crippen molar-refractivity contribution in [1.29, 1.82) is 0 Å². The number of hydrogen-bond donors (Lipinski definition) is 1. The van der Waals surface area contributed by atoms with E-state index in [-0.39, 0.29) is 0 Å². The lowest BCUT2D eigenvalue weighted by Crippen LogP contribution is -2.28. The van der Waals surface area contributed by atoms with Crippen LogP contribution in [-0.4, -0.2) is 20.1 Å². The summed E-state index contributed by atoms with van der Waals surface area (Å²) in [5, 5.41) is 0. The highest BCUT2D eigenvalue weighted by Gasteiger charge is 2.30. The first-order valence-corrected chi connectivity index (χ1v) is 5.43. The van der Waals surface area contributed by atoms with Crippen molar-refractivity contribution in [3.8, 4) is 0 Å². The van der Waals surface area contributed by atoms with Gasteiger partial charge in [0.15, 0.2) is 0 Å². The van der Waals surface area contributed by atoms with Crippen molar-refractivity contribution in [2.24, 2.45) is 11.7 Å². The number of nitrogens with two attached hydrogens (primary N) is 1. The smallest absolute Gasteiger partial charge is 0.374 e. The van der Waals surface area contributed by atoms with Crippen LogP contribution in [0.15, 0.2) is 24.3 Å². The van der Waals surface area contributed by atoms with Gasteiger partial charge >= 0.3 is 6.18 Å². The third-order valence-electron chi connectivity index (χ3n) is 2.62. The molecule has 1 aromatic carbocycles. The molecule has 0 aromatic heterocycles. The van der Waals surface area contributed by atoms with E-state index in [1.807, 2.05) is 18.9 Å². The number of hydrogen-bond acceptors (Lipinski definition) is 2. The molecule has 0 amide bonds. The molecule has 0 heterocycles. The van der Waals surface area contributed by atoms with E-state index in [0.717, 1.165) is 24.4 Å². The van der Waals surface area contributed by atoms with E-state index in [2.05, 4.69) is 0 Å². The number of rotatable bonds is 4. The van der Waals surface area contributed by atoms with E-state index < -0.39 is 11.7 Å². The van der Waals surface area contributed by atoms with Crippen LogP contribution in [-0.2, 0) is 6.18 Å². The monoisotopic (exact) mass is 246 g/mol. The van der Waals surface area contributed by atoms with Crippen molar-refractivity contribution in [2.45, 2.75) is 13.1 Å². The summed E-state index contributed by atoms with van der Waals surface area (Å²) in [6, 6.07) is 5.15. The number of nitrogens with zero attached hydrogens (tertiary/aromatic N) is 1. The molecule has 17 heavy (non-hydrogen) atoms. The Hall–Kier alpha value is -1.23. The lowest BCUT2D eigenvalue weighted by Gasteiger charge is -2.23. The van der Waals surface area contributed by atoms with Crippen LogP contribution in [0.5, 0.6) is 0 Å². The van der Waals surface area contributed by atoms with Crippen LogP contribution in [0.1, 0.15) is 12.5 Å². The van der Waals surface area contributed by atoms with E-state index in [1.54, 1.807) is 0 Å². The Labute approximate surface area is 99.2 Å². The van der Waals surface area contributed by atoms with Gasteiger partial charge in [0.1, 0.15) is 0 Å². The van der Waals surface area contributed by atoms with Gasteiger partial charge < -0.3 is 10.6 Å². The second-order valence-corrected chi connectivity index (χ2v) is 4.27. The molecule has 0 radical (unpaired) electrons. The lowest BCUT2D eigenvalue weighted by atomic mass is 10.1. The van der Waals surface area contributed by atoms with Gasteiger partial charge in [-0.15, -0.1) is 0 Å². The molecule has 2 N–H and O–H groups in total. The third-order valence-corrected chi connectivity index (χ3v) is 2.62. The van der Waals surface area contributed by atoms with Crippen LogP contribution >= 0.6 is 0 Å². The van der Waals surface area contributed by atoms with Gasteiger partial charge in [-0.1, -0.05) is 6.92 Å². The predicted octanol–water partition coefficient (Wildman–Crippen LogP) is 2.74. The molecule has 0 fully saturated rings. The normalized spacial score (nSPS) is 13.5. The van der Waals surface area contributed by atoms with E-state index in [4.69, 9.17) is 5.73 Å². The Morgan fingerprint density at radius 1 is 1.24 bits per heavy atom. The first-order valence-electron chi connectivity index (χ1n) is 5.43. The molecule has 0 spiro atoms. The van der Waals surface area contributed by atoms with Gasteiger partial charge in [-0.05, 0) is 36.7 Å². The van der Waals surface area contributed by atoms with Crippen LogP contribution in [0.2, 0.25) is 0 Å². The van der Waals surface area contributed by atoms with Crippen LogP contribution in [0.25, 0.3) is 0 Å². The number of alkyl halides is 3. The van der Waals surface area contributed by atoms with Crippen LogP contribution in [0.3, 0.4) is 0 Å². The van der Waals surface area contributed by atoms with Crippen LogP contribution in [0.4, 0.5) is 18.9 Å². The molecular formula is C12H17F3N2. The number of benzene rings is 1. The summed E-state index contributed by atoms with van der Waals surface area (Å²) in [5.41, 5.74) is 5.64. The van der Waals surface area contributed by atoms with Crippen LogP contribution < -0.4 is 10.6 Å². The van der Waals surface area contributed by atoms with Crippen LogP contribution in [0, 0.1) is 5.92 Å². The van der Waals surface area contributed by atoms with Crippen molar-refractivity contribution in [1.82, 2.24) is 0 Å². The van der Waals surface area contributed by atoms with Gasteiger partial charge in [0.25, 0.3) is 0 Å². The summed E-state index contributed by atoms with van der Waals surface area (Å²) in [6.45, 7) is 3.29. The average molecular weight is 246 g/mol. The van der Waals surface area contributed by atoms with E-state index in [9.17, 15) is 13.2 Å². The highest BCUT2D eigenvalue weighted by Crippen LogP contribution is 2.30. The quantitative estimate of drug-likeness (QED) is 0.885. The topological polar surface area (TPSA) is 29.3 Å². The van der Waals surface area contributed by atoms with E-state index in [1.165, 1.54) is 12.1 Å². The van der Waals surface area contributed by atoms with Gasteiger partial charge in [0, 0.05) is 19.3 Å². The minimum Gasteiger partial charge on any atom is -0.374 e. The largest absolute Gasteiger partial charge is 0.416 e. The van der Waals surface area contributed by atoms with E-state index >= 15 is 0 Å². The zero-order valence-electron chi connectivity index (χ0n) is 9.96. The second kappa shape index (κ2) is 5.40. The predicted molar refractivity (Wildman–Crippen MR) is 62.9 cm³/mol. The average Bonchev–Trinajstić information content (AvgIpc) is 2.27. The molecule has 1 unspecified atom stereocenters. The molecule has 0 aliphatic rings. The molecule has 5 heteroatoms. The van der Waals surface area contributed by atoms with Gasteiger partial charge in [-0.2, -0.15) is 13.2 Å². The highest BCUT2D eigenvalue weighted by molar-refractivity contribution is 5.47. The Kier molecular flexibility index (Phi) is 4.40. The van der Waals surface area contributed by atoms with Gasteiger partial charge in [0.05, 0.1) is 5.56 Å². The standard InChI is InChI=1S/C12H17F3N2/c1-9(7-16)8-17(2)11-5-3-10(4-6-11)12(13,14)15/h3-6,9H,7-8,16H2,1-2H3. The maximum Gasteiger partial charge on any atom is 0.416 e. The summed E-state index contributed by atoms with van der Waals surface area (Å²) >= 11 is 0. The zero-order valence-corrected chi connectivity index (χ0v) is 9.96. The van der Waals surface area contributed by atoms with E-state index in [0.29, 0.717) is 12.5 Å². The SMILES string of the molecule is CC(CN)CN(C)c1ccc(C(F)(F)F)cc1. The Morgan fingerprint density at radius 3 is 2.18 bits per heavy atom. The first kappa shape index (κ1) is 13.8. The summed E-state index contributed by atoms with van der Waals surface area (Å²) < 4.78 is 37.1. The van der Waals surface area contributed by atoms with Gasteiger partial charge in [-0.25, -0.2) is 0 Å². The van der Waals surface area contributed by atoms with Crippen molar-refractivity contribution in [3.63, 3.8) is 0 Å². The van der Waals surface area contributed by atoms with Crippen molar-refractivity contribution >= 4 is 5.69 Å². The Bertz CT molecular complexity index is 346. The lowest BCUT2D eigenvalue weighted by molar-refractivity contribution is -0.137. The maximum atomic E-state index is 12.4. The summed E-state index contributed by atoms with van der Waals surface area (Å²) in [7, 11) is 1.84. The highest BCUT2D eigenvalue weighted by atomic mass is 19.4. The second-order valence-electron chi connectivity index (χ2n) is 4.27. The fourth-order valence-corrected chi connectivity index (χ4v) is 1.55. The first-order chi connectivity index (χ1) is 7.84. The van der Waals surface area contributed by atoms with Gasteiger partial charge in [0.2, 0.25) is 0 Å². The third kappa shape index (κ3) is 3.93. The molecule has 96 valence electrons. The summed E-state index contributed by atoms with van der Waals surface area (Å²) in [5.74, 6) is 0.308. The maximum absolute atomic E-state index is 12.4. The molecule has 0 aliphatic heterocycles. The van der Waals surface area contributed by atoms with Gasteiger partial charge in [-0.3, -0.25) is 0 Å². The molecule has 1 rings (SSSR count). The molecule has 0 bridgehead atoms. The number of anilines is 1.